The highest BCUT2D eigenvalue weighted by Gasteiger charge is 2.27. The molecule has 1 heterocycles. The normalized spacial score (nSPS) is 26.2. The van der Waals surface area contributed by atoms with E-state index < -0.39 is 0 Å². The molecule has 0 saturated heterocycles. The molecule has 2 rings (SSSR count). The van der Waals surface area contributed by atoms with Crippen molar-refractivity contribution in [2.75, 3.05) is 17.6 Å². The molecule has 1 aliphatic carbocycles. The van der Waals surface area contributed by atoms with Crippen LogP contribution in [0.4, 0.5) is 10.9 Å². The fourth-order valence-corrected chi connectivity index (χ4v) is 3.51. The molecule has 112 valence electrons. The second-order valence-corrected chi connectivity index (χ2v) is 6.70. The summed E-state index contributed by atoms with van der Waals surface area (Å²) in [6, 6.07) is 0.262. The molecule has 3 unspecified atom stereocenters. The van der Waals surface area contributed by atoms with Gasteiger partial charge in [0.2, 0.25) is 0 Å². The number of nitrogens with two attached hydrogens (primary N) is 1. The van der Waals surface area contributed by atoms with Gasteiger partial charge in [0.1, 0.15) is 10.7 Å². The third-order valence-corrected chi connectivity index (χ3v) is 5.15. The number of carbonyl (C=O) groups excluding carboxylic acids is 1. The van der Waals surface area contributed by atoms with Gasteiger partial charge in [-0.15, -0.1) is 0 Å². The number of thiazole rings is 1. The molecule has 1 aromatic rings. The van der Waals surface area contributed by atoms with E-state index in [0.717, 1.165) is 25.3 Å². The number of rotatable bonds is 4. The Balaban J connectivity index is 1.98. The Kier molecular flexibility index (Phi) is 4.86. The van der Waals surface area contributed by atoms with Gasteiger partial charge in [0.05, 0.1) is 0 Å². The Morgan fingerprint density at radius 3 is 2.80 bits per heavy atom. The van der Waals surface area contributed by atoms with Crippen molar-refractivity contribution in [2.45, 2.75) is 46.1 Å². The molecule has 1 aromatic heterocycles. The molecule has 0 aromatic carbocycles. The van der Waals surface area contributed by atoms with E-state index in [2.05, 4.69) is 29.5 Å². The van der Waals surface area contributed by atoms with Crippen molar-refractivity contribution in [3.8, 4) is 0 Å². The summed E-state index contributed by atoms with van der Waals surface area (Å²) in [4.78, 5) is 17.0. The van der Waals surface area contributed by atoms with E-state index in [0.29, 0.717) is 21.7 Å². The van der Waals surface area contributed by atoms with Gasteiger partial charge in [0, 0.05) is 12.6 Å². The molecule has 0 bridgehead atoms. The number of nitrogens with zero attached hydrogens (tertiary/aromatic N) is 1. The van der Waals surface area contributed by atoms with E-state index >= 15 is 0 Å². The number of hydrogen-bond donors (Lipinski definition) is 3. The van der Waals surface area contributed by atoms with Gasteiger partial charge in [0.25, 0.3) is 5.91 Å². The Morgan fingerprint density at radius 1 is 1.40 bits per heavy atom. The standard InChI is InChI=1S/C14H24N4OS/c1-4-16-14-18-12(15)11(20-14)13(19)17-10-6-5-8(2)9(3)7-10/h8-10H,4-7,15H2,1-3H3,(H,16,18)(H,17,19). The summed E-state index contributed by atoms with van der Waals surface area (Å²) in [5, 5.41) is 6.90. The van der Waals surface area contributed by atoms with Crippen LogP contribution in [-0.2, 0) is 0 Å². The van der Waals surface area contributed by atoms with Crippen LogP contribution in [0.25, 0.3) is 0 Å². The SMILES string of the molecule is CCNc1nc(N)c(C(=O)NC2CCC(C)C(C)C2)s1. The minimum Gasteiger partial charge on any atom is -0.382 e. The van der Waals surface area contributed by atoms with Gasteiger partial charge in [0.15, 0.2) is 5.13 Å². The number of amides is 1. The molecule has 0 radical (unpaired) electrons. The molecule has 0 aliphatic heterocycles. The summed E-state index contributed by atoms with van der Waals surface area (Å²) in [6.07, 6.45) is 3.27. The van der Waals surface area contributed by atoms with Gasteiger partial charge in [-0.2, -0.15) is 0 Å². The minimum absolute atomic E-state index is 0.0871. The molecular formula is C14H24N4OS. The second kappa shape index (κ2) is 6.43. The molecule has 1 amide bonds. The smallest absolute Gasteiger partial charge is 0.265 e. The Morgan fingerprint density at radius 2 is 2.15 bits per heavy atom. The Hall–Kier alpha value is -1.30. The molecule has 1 aliphatic rings. The number of hydrogen-bond acceptors (Lipinski definition) is 5. The molecule has 6 heteroatoms. The number of nitrogens with one attached hydrogen (secondary N) is 2. The molecule has 4 N–H and O–H groups in total. The fourth-order valence-electron chi connectivity index (χ4n) is 2.65. The van der Waals surface area contributed by atoms with Crippen LogP contribution in [0.3, 0.4) is 0 Å². The highest BCUT2D eigenvalue weighted by Crippen LogP contribution is 2.30. The fraction of sp³-hybridized carbons (Fsp3) is 0.714. The van der Waals surface area contributed by atoms with E-state index in [9.17, 15) is 4.79 Å². The van der Waals surface area contributed by atoms with Crippen molar-refractivity contribution in [1.29, 1.82) is 0 Å². The van der Waals surface area contributed by atoms with Crippen LogP contribution in [-0.4, -0.2) is 23.5 Å². The van der Waals surface area contributed by atoms with Gasteiger partial charge in [-0.1, -0.05) is 25.2 Å². The molecular weight excluding hydrogens is 272 g/mol. The first-order valence-corrected chi connectivity index (χ1v) is 8.14. The van der Waals surface area contributed by atoms with Crippen molar-refractivity contribution in [1.82, 2.24) is 10.3 Å². The minimum atomic E-state index is -0.0871. The molecule has 1 saturated carbocycles. The number of carbonyl (C=O) groups is 1. The third-order valence-electron chi connectivity index (χ3n) is 4.12. The average Bonchev–Trinajstić information content (AvgIpc) is 2.75. The Bertz CT molecular complexity index is 474. The van der Waals surface area contributed by atoms with E-state index in [1.807, 2.05) is 6.92 Å². The maximum absolute atomic E-state index is 12.3. The maximum atomic E-state index is 12.3. The zero-order chi connectivity index (χ0) is 14.7. The van der Waals surface area contributed by atoms with Crippen LogP contribution in [0.15, 0.2) is 0 Å². The molecule has 20 heavy (non-hydrogen) atoms. The van der Waals surface area contributed by atoms with Gasteiger partial charge < -0.3 is 16.4 Å². The first-order chi connectivity index (χ1) is 9.51. The van der Waals surface area contributed by atoms with E-state index in [1.54, 1.807) is 0 Å². The van der Waals surface area contributed by atoms with Crippen LogP contribution in [0, 0.1) is 11.8 Å². The van der Waals surface area contributed by atoms with Crippen molar-refractivity contribution >= 4 is 28.2 Å². The lowest BCUT2D eigenvalue weighted by Crippen LogP contribution is -2.39. The lowest BCUT2D eigenvalue weighted by Gasteiger charge is -2.32. The highest BCUT2D eigenvalue weighted by molar-refractivity contribution is 7.18. The average molecular weight is 296 g/mol. The second-order valence-electron chi connectivity index (χ2n) is 5.70. The number of nitrogen functional groups attached to an aromatic ring is 1. The molecule has 3 atom stereocenters. The third kappa shape index (κ3) is 3.42. The Labute approximate surface area is 124 Å². The summed E-state index contributed by atoms with van der Waals surface area (Å²) in [5.74, 6) is 1.64. The maximum Gasteiger partial charge on any atom is 0.265 e. The van der Waals surface area contributed by atoms with E-state index in [4.69, 9.17) is 5.73 Å². The molecule has 5 nitrogen and oxygen atoms in total. The zero-order valence-electron chi connectivity index (χ0n) is 12.4. The van der Waals surface area contributed by atoms with Crippen molar-refractivity contribution < 1.29 is 4.79 Å². The molecule has 0 spiro atoms. The summed E-state index contributed by atoms with van der Waals surface area (Å²) < 4.78 is 0. The predicted octanol–water partition coefficient (Wildman–Crippen LogP) is 2.71. The first-order valence-electron chi connectivity index (χ1n) is 7.32. The quantitative estimate of drug-likeness (QED) is 0.798. The van der Waals surface area contributed by atoms with Crippen LogP contribution >= 0.6 is 11.3 Å². The number of aromatic nitrogens is 1. The summed E-state index contributed by atoms with van der Waals surface area (Å²) in [6.45, 7) is 7.30. The summed E-state index contributed by atoms with van der Waals surface area (Å²) in [5.41, 5.74) is 5.83. The van der Waals surface area contributed by atoms with Gasteiger partial charge in [-0.05, 0) is 38.0 Å². The molecule has 1 fully saturated rings. The van der Waals surface area contributed by atoms with Gasteiger partial charge in [-0.25, -0.2) is 4.98 Å². The van der Waals surface area contributed by atoms with Crippen LogP contribution in [0.1, 0.15) is 49.7 Å². The lowest BCUT2D eigenvalue weighted by molar-refractivity contribution is 0.0915. The van der Waals surface area contributed by atoms with E-state index in [-0.39, 0.29) is 11.9 Å². The van der Waals surface area contributed by atoms with Crippen molar-refractivity contribution in [2.24, 2.45) is 11.8 Å². The van der Waals surface area contributed by atoms with Crippen LogP contribution in [0.2, 0.25) is 0 Å². The predicted molar refractivity (Wildman–Crippen MR) is 84.1 cm³/mol. The largest absolute Gasteiger partial charge is 0.382 e. The van der Waals surface area contributed by atoms with E-state index in [1.165, 1.54) is 17.8 Å². The lowest BCUT2D eigenvalue weighted by atomic mass is 9.79. The van der Waals surface area contributed by atoms with Gasteiger partial charge in [-0.3, -0.25) is 4.79 Å². The summed E-state index contributed by atoms with van der Waals surface area (Å²) >= 11 is 1.32. The van der Waals surface area contributed by atoms with Crippen molar-refractivity contribution in [3.05, 3.63) is 4.88 Å². The van der Waals surface area contributed by atoms with Crippen LogP contribution in [0.5, 0.6) is 0 Å². The van der Waals surface area contributed by atoms with Crippen LogP contribution < -0.4 is 16.4 Å². The highest BCUT2D eigenvalue weighted by atomic mass is 32.1. The first kappa shape index (κ1) is 15.1. The van der Waals surface area contributed by atoms with Crippen molar-refractivity contribution in [3.63, 3.8) is 0 Å². The monoisotopic (exact) mass is 296 g/mol. The summed E-state index contributed by atoms with van der Waals surface area (Å²) in [7, 11) is 0. The zero-order valence-corrected chi connectivity index (χ0v) is 13.2. The number of anilines is 2. The topological polar surface area (TPSA) is 80.0 Å². The van der Waals surface area contributed by atoms with Gasteiger partial charge >= 0.3 is 0 Å².